The van der Waals surface area contributed by atoms with Gasteiger partial charge in [0, 0.05) is 16.1 Å². The first-order chi connectivity index (χ1) is 8.38. The van der Waals surface area contributed by atoms with E-state index in [0.29, 0.717) is 11.8 Å². The van der Waals surface area contributed by atoms with Crippen LogP contribution in [0.5, 0.6) is 5.75 Å². The van der Waals surface area contributed by atoms with Crippen LogP contribution in [-0.4, -0.2) is 17.7 Å². The third-order valence-corrected chi connectivity index (χ3v) is 4.05. The van der Waals surface area contributed by atoms with Crippen molar-refractivity contribution in [2.24, 2.45) is 0 Å². The molecular formula is C15H22BrNO. The second-order valence-electron chi connectivity index (χ2n) is 6.21. The van der Waals surface area contributed by atoms with Gasteiger partial charge in [0.25, 0.3) is 0 Å². The summed E-state index contributed by atoms with van der Waals surface area (Å²) in [5.74, 6) is 0.472. The van der Waals surface area contributed by atoms with Crippen LogP contribution in [0.25, 0.3) is 0 Å². The first-order valence-electron chi connectivity index (χ1n) is 6.63. The summed E-state index contributed by atoms with van der Waals surface area (Å²) >= 11 is 3.56. The lowest BCUT2D eigenvalue weighted by Crippen LogP contribution is -2.24. The minimum atomic E-state index is -0.0360. The highest BCUT2D eigenvalue weighted by Gasteiger charge is 2.23. The van der Waals surface area contributed by atoms with Gasteiger partial charge in [-0.05, 0) is 48.9 Å². The molecule has 100 valence electrons. The van der Waals surface area contributed by atoms with E-state index in [0.717, 1.165) is 28.6 Å². The van der Waals surface area contributed by atoms with Gasteiger partial charge in [-0.25, -0.2) is 0 Å². The molecular weight excluding hydrogens is 290 g/mol. The number of halogens is 1. The molecule has 1 fully saturated rings. The number of hydrogen-bond acceptors (Lipinski definition) is 2. The summed E-state index contributed by atoms with van der Waals surface area (Å²) in [5, 5.41) is 13.9. The number of phenolic OH excluding ortho intramolecular Hbond substituents is 1. The Morgan fingerprint density at radius 3 is 2.67 bits per heavy atom. The predicted octanol–water partition coefficient (Wildman–Crippen LogP) is 3.75. The summed E-state index contributed by atoms with van der Waals surface area (Å²) in [6, 6.07) is 4.59. The molecule has 1 aromatic rings. The van der Waals surface area contributed by atoms with Gasteiger partial charge < -0.3 is 10.4 Å². The van der Waals surface area contributed by atoms with Gasteiger partial charge in [-0.3, -0.25) is 0 Å². The first kappa shape index (κ1) is 13.9. The predicted molar refractivity (Wildman–Crippen MR) is 79.2 cm³/mol. The van der Waals surface area contributed by atoms with Crippen LogP contribution in [0.15, 0.2) is 16.6 Å². The minimum Gasteiger partial charge on any atom is -0.507 e. The van der Waals surface area contributed by atoms with Gasteiger partial charge in [0.15, 0.2) is 0 Å². The molecule has 2 rings (SSSR count). The van der Waals surface area contributed by atoms with Crippen molar-refractivity contribution in [2.75, 3.05) is 6.54 Å². The lowest BCUT2D eigenvalue weighted by molar-refractivity contribution is 0.435. The Morgan fingerprint density at radius 1 is 1.39 bits per heavy atom. The summed E-state index contributed by atoms with van der Waals surface area (Å²) in [4.78, 5) is 0. The summed E-state index contributed by atoms with van der Waals surface area (Å²) in [5.41, 5.74) is 2.03. The quantitative estimate of drug-likeness (QED) is 0.872. The number of nitrogens with one attached hydrogen (secondary N) is 1. The zero-order valence-corrected chi connectivity index (χ0v) is 13.0. The maximum absolute atomic E-state index is 10.5. The molecule has 1 aliphatic rings. The van der Waals surface area contributed by atoms with E-state index >= 15 is 0 Å². The Labute approximate surface area is 118 Å². The van der Waals surface area contributed by atoms with E-state index in [9.17, 15) is 5.11 Å². The smallest absolute Gasteiger partial charge is 0.122 e. The first-order valence-corrected chi connectivity index (χ1v) is 7.42. The molecule has 18 heavy (non-hydrogen) atoms. The van der Waals surface area contributed by atoms with Crippen molar-refractivity contribution >= 4 is 15.9 Å². The third-order valence-electron chi connectivity index (χ3n) is 3.59. The molecule has 0 saturated carbocycles. The number of aromatic hydroxyl groups is 1. The van der Waals surface area contributed by atoms with E-state index in [4.69, 9.17) is 0 Å². The average molecular weight is 312 g/mol. The number of hydrogen-bond donors (Lipinski definition) is 2. The highest BCUT2D eigenvalue weighted by Crippen LogP contribution is 2.36. The van der Waals surface area contributed by atoms with Crippen LogP contribution < -0.4 is 5.32 Å². The van der Waals surface area contributed by atoms with E-state index < -0.39 is 0 Å². The maximum atomic E-state index is 10.5. The zero-order valence-electron chi connectivity index (χ0n) is 11.4. The van der Waals surface area contributed by atoms with Crippen molar-refractivity contribution in [3.8, 4) is 5.75 Å². The standard InChI is InChI=1S/C15H22BrNO/c1-15(2,3)13-9-11(16)7-10(14(13)18)8-12-5-4-6-17-12/h7,9,12,17-18H,4-6,8H2,1-3H3. The normalized spacial score (nSPS) is 20.3. The average Bonchev–Trinajstić information content (AvgIpc) is 2.74. The van der Waals surface area contributed by atoms with Crippen molar-refractivity contribution in [2.45, 2.75) is 51.5 Å². The monoisotopic (exact) mass is 311 g/mol. The Morgan fingerprint density at radius 2 is 2.11 bits per heavy atom. The second kappa shape index (κ2) is 5.22. The Bertz CT molecular complexity index is 431. The molecule has 0 aromatic heterocycles. The highest BCUT2D eigenvalue weighted by atomic mass is 79.9. The molecule has 1 unspecified atom stereocenters. The molecule has 2 nitrogen and oxygen atoms in total. The molecule has 1 aliphatic heterocycles. The van der Waals surface area contributed by atoms with E-state index in [-0.39, 0.29) is 5.41 Å². The van der Waals surface area contributed by atoms with Crippen molar-refractivity contribution in [3.63, 3.8) is 0 Å². The van der Waals surface area contributed by atoms with Gasteiger partial charge >= 0.3 is 0 Å². The van der Waals surface area contributed by atoms with Gasteiger partial charge in [0.05, 0.1) is 0 Å². The molecule has 0 bridgehead atoms. The second-order valence-corrected chi connectivity index (χ2v) is 7.12. The van der Waals surface area contributed by atoms with Gasteiger partial charge in [-0.15, -0.1) is 0 Å². The van der Waals surface area contributed by atoms with Crippen LogP contribution in [0.3, 0.4) is 0 Å². The third kappa shape index (κ3) is 3.07. The molecule has 1 aromatic carbocycles. The fraction of sp³-hybridized carbons (Fsp3) is 0.600. The van der Waals surface area contributed by atoms with Crippen molar-refractivity contribution in [1.82, 2.24) is 5.32 Å². The number of benzene rings is 1. The molecule has 3 heteroatoms. The van der Waals surface area contributed by atoms with Crippen LogP contribution in [-0.2, 0) is 11.8 Å². The molecule has 1 atom stereocenters. The van der Waals surface area contributed by atoms with Crippen LogP contribution in [0.2, 0.25) is 0 Å². The minimum absolute atomic E-state index is 0.0360. The van der Waals surface area contributed by atoms with E-state index in [2.05, 4.69) is 42.0 Å². The van der Waals surface area contributed by atoms with Crippen LogP contribution in [0, 0.1) is 0 Å². The Kier molecular flexibility index (Phi) is 4.02. The van der Waals surface area contributed by atoms with E-state index in [1.54, 1.807) is 0 Å². The summed E-state index contributed by atoms with van der Waals surface area (Å²) in [6.07, 6.45) is 3.36. The van der Waals surface area contributed by atoms with Crippen LogP contribution >= 0.6 is 15.9 Å². The SMILES string of the molecule is CC(C)(C)c1cc(Br)cc(CC2CCCN2)c1O. The van der Waals surface area contributed by atoms with Crippen molar-refractivity contribution in [3.05, 3.63) is 27.7 Å². The molecule has 0 radical (unpaired) electrons. The van der Waals surface area contributed by atoms with Crippen molar-refractivity contribution in [1.29, 1.82) is 0 Å². The largest absolute Gasteiger partial charge is 0.507 e. The van der Waals surface area contributed by atoms with E-state index in [1.165, 1.54) is 12.8 Å². The van der Waals surface area contributed by atoms with Gasteiger partial charge in [-0.1, -0.05) is 36.7 Å². The lowest BCUT2D eigenvalue weighted by Gasteiger charge is -2.23. The fourth-order valence-electron chi connectivity index (χ4n) is 2.58. The lowest BCUT2D eigenvalue weighted by atomic mass is 9.84. The van der Waals surface area contributed by atoms with Crippen LogP contribution in [0.4, 0.5) is 0 Å². The number of rotatable bonds is 2. The summed E-state index contributed by atoms with van der Waals surface area (Å²) in [7, 11) is 0. The van der Waals surface area contributed by atoms with Gasteiger partial charge in [0.1, 0.15) is 5.75 Å². The van der Waals surface area contributed by atoms with Crippen molar-refractivity contribution < 1.29 is 5.11 Å². The Hall–Kier alpha value is -0.540. The molecule has 0 amide bonds. The topological polar surface area (TPSA) is 32.3 Å². The number of phenols is 1. The maximum Gasteiger partial charge on any atom is 0.122 e. The molecule has 1 heterocycles. The summed E-state index contributed by atoms with van der Waals surface area (Å²) in [6.45, 7) is 7.50. The Balaban J connectivity index is 2.32. The molecule has 2 N–H and O–H groups in total. The van der Waals surface area contributed by atoms with E-state index in [1.807, 2.05) is 12.1 Å². The van der Waals surface area contributed by atoms with Gasteiger partial charge in [-0.2, -0.15) is 0 Å². The molecule has 1 saturated heterocycles. The molecule has 0 spiro atoms. The zero-order chi connectivity index (χ0) is 13.3. The van der Waals surface area contributed by atoms with Crippen LogP contribution in [0.1, 0.15) is 44.7 Å². The van der Waals surface area contributed by atoms with Gasteiger partial charge in [0.2, 0.25) is 0 Å². The fourth-order valence-corrected chi connectivity index (χ4v) is 3.08. The highest BCUT2D eigenvalue weighted by molar-refractivity contribution is 9.10. The molecule has 0 aliphatic carbocycles. The summed E-state index contributed by atoms with van der Waals surface area (Å²) < 4.78 is 1.05.